The molecule has 0 fully saturated rings. The number of hydrogen-bond acceptors (Lipinski definition) is 4. The minimum Gasteiger partial charge on any atom is -0.390 e. The highest BCUT2D eigenvalue weighted by molar-refractivity contribution is 7.09. The van der Waals surface area contributed by atoms with Crippen LogP contribution in [0.2, 0.25) is 0 Å². The number of aromatic nitrogens is 1. The lowest BCUT2D eigenvalue weighted by molar-refractivity contribution is 0.277. The Morgan fingerprint density at radius 3 is 2.67 bits per heavy atom. The number of thiazole rings is 1. The fraction of sp³-hybridized carbons (Fsp3) is 0.571. The van der Waals surface area contributed by atoms with Crippen molar-refractivity contribution in [1.29, 1.82) is 0 Å². The average Bonchev–Trinajstić information content (AvgIpc) is 2.34. The molecule has 12 heavy (non-hydrogen) atoms. The number of aliphatic hydroxyl groups excluding tert-OH is 1. The van der Waals surface area contributed by atoms with Crippen LogP contribution >= 0.6 is 23.7 Å². The van der Waals surface area contributed by atoms with E-state index >= 15 is 0 Å². The molecule has 5 heteroatoms. The normalized spacial score (nSPS) is 10.0. The van der Waals surface area contributed by atoms with Gasteiger partial charge in [0.15, 0.2) is 0 Å². The number of rotatable bonds is 3. The van der Waals surface area contributed by atoms with Crippen LogP contribution in [-0.2, 0) is 13.2 Å². The molecule has 0 aliphatic carbocycles. The van der Waals surface area contributed by atoms with Crippen molar-refractivity contribution in [2.24, 2.45) is 0 Å². The molecule has 0 amide bonds. The van der Waals surface area contributed by atoms with Crippen LogP contribution in [0.4, 0.5) is 0 Å². The second-order valence-electron chi connectivity index (χ2n) is 2.63. The van der Waals surface area contributed by atoms with Crippen LogP contribution in [0.1, 0.15) is 10.7 Å². The molecule has 0 saturated heterocycles. The van der Waals surface area contributed by atoms with E-state index in [1.807, 2.05) is 19.5 Å². The molecule has 1 aromatic heterocycles. The van der Waals surface area contributed by atoms with E-state index in [0.29, 0.717) is 0 Å². The summed E-state index contributed by atoms with van der Waals surface area (Å²) in [6.07, 6.45) is 0. The summed E-state index contributed by atoms with van der Waals surface area (Å²) >= 11 is 1.59. The van der Waals surface area contributed by atoms with E-state index in [4.69, 9.17) is 5.11 Å². The van der Waals surface area contributed by atoms with Gasteiger partial charge in [0, 0.05) is 11.9 Å². The highest BCUT2D eigenvalue weighted by Crippen LogP contribution is 2.10. The molecule has 1 aromatic rings. The van der Waals surface area contributed by atoms with E-state index in [2.05, 4.69) is 9.88 Å². The third kappa shape index (κ3) is 3.49. The van der Waals surface area contributed by atoms with Gasteiger partial charge in [-0.05, 0) is 14.1 Å². The van der Waals surface area contributed by atoms with Crippen LogP contribution in [0.15, 0.2) is 5.38 Å². The van der Waals surface area contributed by atoms with Crippen molar-refractivity contribution in [1.82, 2.24) is 9.88 Å². The fourth-order valence-electron chi connectivity index (χ4n) is 0.765. The molecule has 3 nitrogen and oxygen atoms in total. The number of halogens is 1. The Hall–Kier alpha value is -0.160. The van der Waals surface area contributed by atoms with Crippen LogP contribution in [0.5, 0.6) is 0 Å². The van der Waals surface area contributed by atoms with Crippen molar-refractivity contribution >= 4 is 23.7 Å². The maximum atomic E-state index is 8.72. The third-order valence-electron chi connectivity index (χ3n) is 1.21. The van der Waals surface area contributed by atoms with Crippen molar-refractivity contribution in [3.8, 4) is 0 Å². The molecule has 0 saturated carbocycles. The van der Waals surface area contributed by atoms with Crippen LogP contribution < -0.4 is 0 Å². The quantitative estimate of drug-likeness (QED) is 0.809. The Bertz CT molecular complexity index is 227. The molecule has 0 unspecified atom stereocenters. The summed E-state index contributed by atoms with van der Waals surface area (Å²) in [4.78, 5) is 6.25. The van der Waals surface area contributed by atoms with Crippen molar-refractivity contribution in [3.05, 3.63) is 16.1 Å². The summed E-state index contributed by atoms with van der Waals surface area (Å²) in [6.45, 7) is 0.897. The van der Waals surface area contributed by atoms with E-state index in [1.54, 1.807) is 11.3 Å². The lowest BCUT2D eigenvalue weighted by atomic mass is 10.5. The molecule has 0 spiro atoms. The molecule has 70 valence electrons. The Morgan fingerprint density at radius 2 is 2.25 bits per heavy atom. The Kier molecular flexibility index (Phi) is 5.41. The molecule has 1 rings (SSSR count). The minimum absolute atomic E-state index is 0. The molecule has 0 bridgehead atoms. The summed E-state index contributed by atoms with van der Waals surface area (Å²) in [5.74, 6) is 0. The lowest BCUT2D eigenvalue weighted by Crippen LogP contribution is -2.10. The van der Waals surface area contributed by atoms with E-state index in [9.17, 15) is 0 Å². The molecule has 0 aromatic carbocycles. The van der Waals surface area contributed by atoms with Crippen molar-refractivity contribution in [2.45, 2.75) is 13.2 Å². The van der Waals surface area contributed by atoms with Crippen LogP contribution in [-0.4, -0.2) is 29.1 Å². The molecular formula is C7H13ClN2OS. The van der Waals surface area contributed by atoms with Gasteiger partial charge in [-0.15, -0.1) is 23.7 Å². The van der Waals surface area contributed by atoms with E-state index in [0.717, 1.165) is 17.2 Å². The van der Waals surface area contributed by atoms with Gasteiger partial charge in [-0.2, -0.15) is 0 Å². The monoisotopic (exact) mass is 208 g/mol. The molecule has 0 radical (unpaired) electrons. The zero-order valence-corrected chi connectivity index (χ0v) is 8.78. The summed E-state index contributed by atoms with van der Waals surface area (Å²) < 4.78 is 0. The van der Waals surface area contributed by atoms with Crippen LogP contribution in [0, 0.1) is 0 Å². The van der Waals surface area contributed by atoms with E-state index < -0.39 is 0 Å². The molecule has 1 heterocycles. The minimum atomic E-state index is 0. The van der Waals surface area contributed by atoms with Crippen molar-refractivity contribution in [3.63, 3.8) is 0 Å². The maximum absolute atomic E-state index is 8.72. The Morgan fingerprint density at radius 1 is 1.58 bits per heavy atom. The highest BCUT2D eigenvalue weighted by Gasteiger charge is 2.00. The van der Waals surface area contributed by atoms with E-state index in [1.165, 1.54) is 0 Å². The SMILES string of the molecule is CN(C)Cc1nc(CO)cs1.Cl. The Labute approximate surface area is 82.5 Å². The summed E-state index contributed by atoms with van der Waals surface area (Å²) in [6, 6.07) is 0. The van der Waals surface area contributed by atoms with Gasteiger partial charge < -0.3 is 10.0 Å². The summed E-state index contributed by atoms with van der Waals surface area (Å²) in [5.41, 5.74) is 0.770. The molecule has 0 atom stereocenters. The third-order valence-corrected chi connectivity index (χ3v) is 2.10. The van der Waals surface area contributed by atoms with E-state index in [-0.39, 0.29) is 19.0 Å². The first kappa shape index (κ1) is 11.8. The summed E-state index contributed by atoms with van der Waals surface area (Å²) in [5, 5.41) is 11.7. The first-order valence-corrected chi connectivity index (χ1v) is 4.29. The molecule has 1 N–H and O–H groups in total. The van der Waals surface area contributed by atoms with Crippen LogP contribution in [0.25, 0.3) is 0 Å². The summed E-state index contributed by atoms with van der Waals surface area (Å²) in [7, 11) is 4.00. The first-order valence-electron chi connectivity index (χ1n) is 3.41. The maximum Gasteiger partial charge on any atom is 0.107 e. The van der Waals surface area contributed by atoms with Gasteiger partial charge in [-0.3, -0.25) is 0 Å². The molecule has 0 aliphatic rings. The van der Waals surface area contributed by atoms with Gasteiger partial charge >= 0.3 is 0 Å². The lowest BCUT2D eigenvalue weighted by Gasteiger charge is -2.04. The van der Waals surface area contributed by atoms with Crippen molar-refractivity contribution in [2.75, 3.05) is 14.1 Å². The zero-order chi connectivity index (χ0) is 8.27. The topological polar surface area (TPSA) is 36.4 Å². The largest absolute Gasteiger partial charge is 0.390 e. The van der Waals surface area contributed by atoms with Gasteiger partial charge in [0.25, 0.3) is 0 Å². The van der Waals surface area contributed by atoms with Gasteiger partial charge in [0.2, 0.25) is 0 Å². The second kappa shape index (κ2) is 5.48. The predicted octanol–water partition coefficient (Wildman–Crippen LogP) is 1.12. The standard InChI is InChI=1S/C7H12N2OS.ClH/c1-9(2)3-7-8-6(4-10)5-11-7;/h5,10H,3-4H2,1-2H3;1H. The number of nitrogens with zero attached hydrogens (tertiary/aromatic N) is 2. The van der Waals surface area contributed by atoms with Gasteiger partial charge in [0.05, 0.1) is 12.3 Å². The van der Waals surface area contributed by atoms with Crippen molar-refractivity contribution < 1.29 is 5.11 Å². The van der Waals surface area contributed by atoms with Crippen LogP contribution in [0.3, 0.4) is 0 Å². The van der Waals surface area contributed by atoms with Gasteiger partial charge in [0.1, 0.15) is 5.01 Å². The fourth-order valence-corrected chi connectivity index (χ4v) is 1.67. The molecular weight excluding hydrogens is 196 g/mol. The highest BCUT2D eigenvalue weighted by atomic mass is 35.5. The predicted molar refractivity (Wildman–Crippen MR) is 52.7 cm³/mol. The smallest absolute Gasteiger partial charge is 0.107 e. The first-order chi connectivity index (χ1) is 5.22. The molecule has 0 aliphatic heterocycles. The van der Waals surface area contributed by atoms with Gasteiger partial charge in [-0.25, -0.2) is 4.98 Å². The number of aliphatic hydroxyl groups is 1. The zero-order valence-electron chi connectivity index (χ0n) is 7.15. The average molecular weight is 209 g/mol. The second-order valence-corrected chi connectivity index (χ2v) is 3.57. The Balaban J connectivity index is 0.00000121. The number of hydrogen-bond donors (Lipinski definition) is 1. The van der Waals surface area contributed by atoms with Gasteiger partial charge in [-0.1, -0.05) is 0 Å².